The van der Waals surface area contributed by atoms with Crippen molar-refractivity contribution in [2.45, 2.75) is 61.4 Å². The van der Waals surface area contributed by atoms with Gasteiger partial charge in [-0.05, 0) is 0 Å². The van der Waals surface area contributed by atoms with Crippen molar-refractivity contribution in [3.63, 3.8) is 0 Å². The zero-order chi connectivity index (χ0) is 18.7. The summed E-state index contributed by atoms with van der Waals surface area (Å²) in [5.41, 5.74) is 0. The third-order valence-corrected chi connectivity index (χ3v) is 4.33. The lowest BCUT2D eigenvalue weighted by atomic mass is 9.98. The van der Waals surface area contributed by atoms with Crippen molar-refractivity contribution in [3.8, 4) is 0 Å². The van der Waals surface area contributed by atoms with Crippen molar-refractivity contribution in [3.05, 3.63) is 0 Å². The van der Waals surface area contributed by atoms with E-state index in [1.807, 2.05) is 0 Å². The number of hydrogen-bond donors (Lipinski definition) is 6. The smallest absolute Gasteiger partial charge is 0.186 e. The van der Waals surface area contributed by atoms with Gasteiger partial charge < -0.3 is 54.3 Å². The molecule has 2 fully saturated rings. The van der Waals surface area contributed by atoms with Crippen LogP contribution in [0.1, 0.15) is 0 Å². The Morgan fingerprint density at radius 1 is 0.640 bits per heavy atom. The first kappa shape index (κ1) is 20.9. The molecule has 2 saturated heterocycles. The van der Waals surface area contributed by atoms with Crippen LogP contribution in [0.4, 0.5) is 0 Å². The molecule has 11 heteroatoms. The minimum absolute atomic E-state index is 0.0377. The Morgan fingerprint density at radius 2 is 1.12 bits per heavy atom. The van der Waals surface area contributed by atoms with E-state index in [1.165, 1.54) is 14.2 Å². The van der Waals surface area contributed by atoms with Crippen molar-refractivity contribution >= 4 is 0 Å². The number of aliphatic hydroxyl groups excluding tert-OH is 6. The molecule has 0 amide bonds. The van der Waals surface area contributed by atoms with Crippen LogP contribution >= 0.6 is 0 Å². The lowest BCUT2D eigenvalue weighted by molar-refractivity contribution is -0.328. The van der Waals surface area contributed by atoms with E-state index in [9.17, 15) is 30.6 Å². The second kappa shape index (κ2) is 8.97. The van der Waals surface area contributed by atoms with Gasteiger partial charge in [-0.15, -0.1) is 0 Å². The molecule has 2 heterocycles. The number of ether oxygens (including phenoxy) is 5. The van der Waals surface area contributed by atoms with Gasteiger partial charge in [0.25, 0.3) is 0 Å². The van der Waals surface area contributed by atoms with Gasteiger partial charge in [0.1, 0.15) is 48.8 Å². The molecule has 6 N–H and O–H groups in total. The molecule has 0 aromatic rings. The normalized spacial score (nSPS) is 48.5. The first-order valence-corrected chi connectivity index (χ1v) is 7.84. The van der Waals surface area contributed by atoms with Gasteiger partial charge in [0.05, 0.1) is 13.2 Å². The Hall–Kier alpha value is -0.440. The standard InChI is InChI=1S/C14H26O11/c1-21-3-5-7(15)10(18)12(20)14(25-5)23-4-6-8(16)9(17)11(19)13(22-2)24-6/h5-20H,3-4H2,1-2H3/t5?,6?,7?,8?,9?,10?,11-,12?,13?,14?/m0/s1. The summed E-state index contributed by atoms with van der Waals surface area (Å²) >= 11 is 0. The predicted octanol–water partition coefficient (Wildman–Crippen LogP) is -4.09. The van der Waals surface area contributed by atoms with E-state index in [0.717, 1.165) is 0 Å². The highest BCUT2D eigenvalue weighted by atomic mass is 16.7. The number of methoxy groups -OCH3 is 2. The summed E-state index contributed by atoms with van der Waals surface area (Å²) in [5, 5.41) is 59.1. The third kappa shape index (κ3) is 4.46. The molecule has 0 radical (unpaired) electrons. The van der Waals surface area contributed by atoms with Crippen LogP contribution in [0.3, 0.4) is 0 Å². The molecule has 2 aliphatic heterocycles. The molecule has 2 rings (SSSR count). The summed E-state index contributed by atoms with van der Waals surface area (Å²) in [5.74, 6) is 0. The zero-order valence-corrected chi connectivity index (χ0v) is 13.9. The Labute approximate surface area is 144 Å². The van der Waals surface area contributed by atoms with Crippen molar-refractivity contribution in [1.82, 2.24) is 0 Å². The van der Waals surface area contributed by atoms with Crippen LogP contribution in [0.2, 0.25) is 0 Å². The molecule has 0 aromatic carbocycles. The van der Waals surface area contributed by atoms with E-state index >= 15 is 0 Å². The van der Waals surface area contributed by atoms with Crippen LogP contribution in [0.5, 0.6) is 0 Å². The van der Waals surface area contributed by atoms with Gasteiger partial charge in [0.2, 0.25) is 0 Å². The minimum atomic E-state index is -1.54. The Bertz CT molecular complexity index is 408. The third-order valence-electron chi connectivity index (χ3n) is 4.33. The second-order valence-corrected chi connectivity index (χ2v) is 6.05. The quantitative estimate of drug-likeness (QED) is 0.269. The number of rotatable bonds is 6. The van der Waals surface area contributed by atoms with Gasteiger partial charge in [-0.2, -0.15) is 0 Å². The summed E-state index contributed by atoms with van der Waals surface area (Å²) in [7, 11) is 2.64. The molecule has 0 bridgehead atoms. The first-order valence-electron chi connectivity index (χ1n) is 7.84. The van der Waals surface area contributed by atoms with E-state index in [1.54, 1.807) is 0 Å². The van der Waals surface area contributed by atoms with Gasteiger partial charge in [-0.3, -0.25) is 0 Å². The maximum absolute atomic E-state index is 9.96. The first-order chi connectivity index (χ1) is 11.8. The summed E-state index contributed by atoms with van der Waals surface area (Å²) < 4.78 is 25.8. The molecular weight excluding hydrogens is 344 g/mol. The molecule has 0 spiro atoms. The van der Waals surface area contributed by atoms with E-state index in [4.69, 9.17) is 23.7 Å². The molecule has 10 atom stereocenters. The van der Waals surface area contributed by atoms with Crippen LogP contribution in [0, 0.1) is 0 Å². The van der Waals surface area contributed by atoms with Crippen molar-refractivity contribution in [2.24, 2.45) is 0 Å². The maximum atomic E-state index is 9.96. The number of hydrogen-bond acceptors (Lipinski definition) is 11. The van der Waals surface area contributed by atoms with E-state index in [2.05, 4.69) is 0 Å². The van der Waals surface area contributed by atoms with E-state index < -0.39 is 61.4 Å². The van der Waals surface area contributed by atoms with Crippen molar-refractivity contribution in [1.29, 1.82) is 0 Å². The van der Waals surface area contributed by atoms with Crippen LogP contribution in [-0.4, -0.2) is 119 Å². The van der Waals surface area contributed by atoms with Gasteiger partial charge in [-0.1, -0.05) is 0 Å². The molecule has 0 saturated carbocycles. The average Bonchev–Trinajstić information content (AvgIpc) is 2.60. The lowest BCUT2D eigenvalue weighted by Gasteiger charge is -2.42. The summed E-state index contributed by atoms with van der Waals surface area (Å²) in [6.07, 6.45) is -13.3. The van der Waals surface area contributed by atoms with E-state index in [-0.39, 0.29) is 13.2 Å². The largest absolute Gasteiger partial charge is 0.387 e. The van der Waals surface area contributed by atoms with Gasteiger partial charge >= 0.3 is 0 Å². The SMILES string of the molecule is COCC1OC(OCC2OC(OC)[C@@H](O)C(O)C2O)C(O)C(O)C1O. The maximum Gasteiger partial charge on any atom is 0.186 e. The molecule has 0 aliphatic carbocycles. The highest BCUT2D eigenvalue weighted by Crippen LogP contribution is 2.25. The molecule has 25 heavy (non-hydrogen) atoms. The van der Waals surface area contributed by atoms with Crippen LogP contribution < -0.4 is 0 Å². The summed E-state index contributed by atoms with van der Waals surface area (Å²) in [4.78, 5) is 0. The lowest BCUT2D eigenvalue weighted by Crippen LogP contribution is -2.61. The highest BCUT2D eigenvalue weighted by Gasteiger charge is 2.47. The predicted molar refractivity (Wildman–Crippen MR) is 78.2 cm³/mol. The fourth-order valence-electron chi connectivity index (χ4n) is 2.79. The Morgan fingerprint density at radius 3 is 1.64 bits per heavy atom. The van der Waals surface area contributed by atoms with Gasteiger partial charge in [-0.25, -0.2) is 0 Å². The van der Waals surface area contributed by atoms with Crippen LogP contribution in [0.25, 0.3) is 0 Å². The average molecular weight is 370 g/mol. The molecule has 0 aromatic heterocycles. The minimum Gasteiger partial charge on any atom is -0.387 e. The van der Waals surface area contributed by atoms with Crippen LogP contribution in [-0.2, 0) is 23.7 Å². The Kier molecular flexibility index (Phi) is 7.49. The van der Waals surface area contributed by atoms with Gasteiger partial charge in [0, 0.05) is 14.2 Å². The second-order valence-electron chi connectivity index (χ2n) is 6.05. The molecule has 9 unspecified atom stereocenters. The molecular formula is C14H26O11. The van der Waals surface area contributed by atoms with Crippen molar-refractivity contribution in [2.75, 3.05) is 27.4 Å². The van der Waals surface area contributed by atoms with Gasteiger partial charge in [0.15, 0.2) is 12.6 Å². The van der Waals surface area contributed by atoms with Crippen molar-refractivity contribution < 1.29 is 54.3 Å². The number of aliphatic hydroxyl groups is 6. The molecule has 11 nitrogen and oxygen atoms in total. The van der Waals surface area contributed by atoms with Crippen LogP contribution in [0.15, 0.2) is 0 Å². The fourth-order valence-corrected chi connectivity index (χ4v) is 2.79. The monoisotopic (exact) mass is 370 g/mol. The summed E-state index contributed by atoms with van der Waals surface area (Å²) in [6.45, 7) is -0.376. The van der Waals surface area contributed by atoms with E-state index in [0.29, 0.717) is 0 Å². The fraction of sp³-hybridized carbons (Fsp3) is 1.00. The highest BCUT2D eigenvalue weighted by molar-refractivity contribution is 4.91. The zero-order valence-electron chi connectivity index (χ0n) is 13.9. The molecule has 2 aliphatic rings. The molecule has 148 valence electrons. The summed E-state index contributed by atoms with van der Waals surface area (Å²) in [6, 6.07) is 0. The topological polar surface area (TPSA) is 168 Å². The Balaban J connectivity index is 1.96.